The lowest BCUT2D eigenvalue weighted by Gasteiger charge is -2.27. The molecule has 0 heterocycles. The van der Waals surface area contributed by atoms with E-state index in [4.69, 9.17) is 19.7 Å². The molecule has 0 saturated carbocycles. The Morgan fingerprint density at radius 3 is 1.36 bits per heavy atom. The molecule has 0 amide bonds. The minimum Gasteiger partial charge on any atom is -0.494 e. The topological polar surface area (TPSA) is 116 Å². The molecule has 2 rings (SSSR count). The molecule has 0 bridgehead atoms. The second-order valence-corrected chi connectivity index (χ2v) is 10.1. The summed E-state index contributed by atoms with van der Waals surface area (Å²) in [7, 11) is 0. The van der Waals surface area contributed by atoms with E-state index in [1.54, 1.807) is 13.8 Å². The van der Waals surface area contributed by atoms with Crippen LogP contribution in [0.1, 0.15) is 63.5 Å². The maximum absolute atomic E-state index is 12.7. The summed E-state index contributed by atoms with van der Waals surface area (Å²) in [6, 6.07) is 14.8. The highest BCUT2D eigenvalue weighted by Gasteiger charge is 2.30. The fourth-order valence-corrected chi connectivity index (χ4v) is 4.13. The van der Waals surface area contributed by atoms with Crippen LogP contribution in [0.15, 0.2) is 48.5 Å². The molecular weight excluding hydrogens is 460 g/mol. The van der Waals surface area contributed by atoms with E-state index in [2.05, 4.69) is 0 Å². The number of Topliss-reactive ketones (excluding diaryl/α,β-unsaturated/α-hetero) is 1. The molecular formula is C29H42O7. The van der Waals surface area contributed by atoms with Crippen LogP contribution >= 0.6 is 0 Å². The van der Waals surface area contributed by atoms with Crippen molar-refractivity contribution < 1.29 is 34.7 Å². The van der Waals surface area contributed by atoms with Gasteiger partial charge in [-0.1, -0.05) is 24.3 Å². The summed E-state index contributed by atoms with van der Waals surface area (Å²) in [5, 5.41) is 39.3. The molecule has 2 aromatic rings. The Labute approximate surface area is 214 Å². The van der Waals surface area contributed by atoms with Crippen molar-refractivity contribution in [1.82, 2.24) is 0 Å². The number of unbranched alkanes of at least 4 members (excludes halogenated alkanes) is 2. The third-order valence-electron chi connectivity index (χ3n) is 5.81. The van der Waals surface area contributed by atoms with Crippen molar-refractivity contribution in [1.29, 1.82) is 0 Å². The largest absolute Gasteiger partial charge is 0.494 e. The Hall–Kier alpha value is -2.45. The molecule has 0 aliphatic heterocycles. The number of carbonyl (C=O) groups is 1. The van der Waals surface area contributed by atoms with Gasteiger partial charge in [-0.05, 0) is 74.9 Å². The van der Waals surface area contributed by atoms with Crippen molar-refractivity contribution in [3.63, 3.8) is 0 Å². The van der Waals surface area contributed by atoms with E-state index in [0.717, 1.165) is 35.5 Å². The highest BCUT2D eigenvalue weighted by atomic mass is 16.5. The zero-order valence-electron chi connectivity index (χ0n) is 21.6. The van der Waals surface area contributed by atoms with E-state index >= 15 is 0 Å². The van der Waals surface area contributed by atoms with Crippen molar-refractivity contribution in [2.45, 2.75) is 76.4 Å². The molecule has 36 heavy (non-hydrogen) atoms. The molecule has 2 unspecified atom stereocenters. The van der Waals surface area contributed by atoms with Crippen LogP contribution in [-0.4, -0.2) is 63.8 Å². The maximum atomic E-state index is 12.7. The number of carbonyl (C=O) groups excluding carboxylic acids is 1. The number of aliphatic hydroxyl groups is 4. The minimum absolute atomic E-state index is 0.0524. The van der Waals surface area contributed by atoms with Gasteiger partial charge in [0.05, 0.1) is 24.4 Å². The Morgan fingerprint density at radius 2 is 1.03 bits per heavy atom. The quantitative estimate of drug-likeness (QED) is 0.230. The summed E-state index contributed by atoms with van der Waals surface area (Å²) in [6.45, 7) is 4.66. The Morgan fingerprint density at radius 1 is 0.667 bits per heavy atom. The molecule has 0 aliphatic rings. The Balaban J connectivity index is 1.80. The van der Waals surface area contributed by atoms with Crippen LogP contribution in [0.3, 0.4) is 0 Å². The average molecular weight is 503 g/mol. The zero-order valence-corrected chi connectivity index (χ0v) is 21.6. The molecule has 200 valence electrons. The van der Waals surface area contributed by atoms with E-state index in [1.807, 2.05) is 48.5 Å². The Kier molecular flexibility index (Phi) is 12.4. The summed E-state index contributed by atoms with van der Waals surface area (Å²) in [5.41, 5.74) is -0.681. The van der Waals surface area contributed by atoms with Gasteiger partial charge in [0, 0.05) is 38.9 Å². The highest BCUT2D eigenvalue weighted by Crippen LogP contribution is 2.25. The van der Waals surface area contributed by atoms with Crippen LogP contribution in [0.4, 0.5) is 0 Å². The third-order valence-corrected chi connectivity index (χ3v) is 5.81. The van der Waals surface area contributed by atoms with Crippen LogP contribution in [-0.2, 0) is 17.6 Å². The molecule has 0 spiro atoms. The van der Waals surface area contributed by atoms with Gasteiger partial charge in [0.15, 0.2) is 0 Å². The normalized spacial score (nSPS) is 14.6. The third kappa shape index (κ3) is 12.0. The number of hydrogen-bond donors (Lipinski definition) is 4. The van der Waals surface area contributed by atoms with Crippen molar-refractivity contribution in [3.05, 3.63) is 59.7 Å². The summed E-state index contributed by atoms with van der Waals surface area (Å²) in [5.74, 6) is 1.26. The molecule has 0 aliphatic carbocycles. The van der Waals surface area contributed by atoms with Gasteiger partial charge in [-0.15, -0.1) is 0 Å². The van der Waals surface area contributed by atoms with Crippen molar-refractivity contribution in [2.75, 3.05) is 26.4 Å². The fourth-order valence-electron chi connectivity index (χ4n) is 4.13. The van der Waals surface area contributed by atoms with Gasteiger partial charge in [0.1, 0.15) is 17.3 Å². The Bertz CT molecular complexity index is 815. The first-order chi connectivity index (χ1) is 17.1. The van der Waals surface area contributed by atoms with Crippen molar-refractivity contribution >= 4 is 5.78 Å². The first-order valence-corrected chi connectivity index (χ1v) is 12.7. The highest BCUT2D eigenvalue weighted by molar-refractivity contribution is 5.80. The number of rotatable bonds is 18. The number of ether oxygens (including phenoxy) is 2. The van der Waals surface area contributed by atoms with Gasteiger partial charge >= 0.3 is 0 Å². The summed E-state index contributed by atoms with van der Waals surface area (Å²) in [4.78, 5) is 12.7. The van der Waals surface area contributed by atoms with Gasteiger partial charge in [-0.25, -0.2) is 0 Å². The molecule has 2 aromatic carbocycles. The SMILES string of the molecule is CC(O)(CC(=O)CC(C)(O)Cc1ccc(OCCCCO)cc1)Cc1ccc(OCCCCO)cc1. The fraction of sp³-hybridized carbons (Fsp3) is 0.552. The molecule has 7 heteroatoms. The van der Waals surface area contributed by atoms with E-state index in [9.17, 15) is 15.0 Å². The maximum Gasteiger partial charge on any atom is 0.138 e. The van der Waals surface area contributed by atoms with Gasteiger partial charge in [0.2, 0.25) is 0 Å². The summed E-state index contributed by atoms with van der Waals surface area (Å²) < 4.78 is 11.2. The molecule has 0 aromatic heterocycles. The van der Waals surface area contributed by atoms with Gasteiger partial charge < -0.3 is 29.9 Å². The molecule has 0 fully saturated rings. The van der Waals surface area contributed by atoms with Gasteiger partial charge in [-0.2, -0.15) is 0 Å². The first kappa shape index (κ1) is 29.8. The van der Waals surface area contributed by atoms with Crippen LogP contribution < -0.4 is 9.47 Å². The second-order valence-electron chi connectivity index (χ2n) is 10.1. The van der Waals surface area contributed by atoms with Crippen LogP contribution in [0.5, 0.6) is 11.5 Å². The monoisotopic (exact) mass is 502 g/mol. The summed E-state index contributed by atoms with van der Waals surface area (Å²) in [6.07, 6.45) is 3.49. The minimum atomic E-state index is -1.23. The standard InChI is InChI=1S/C29H42O7/c1-28(33,19-23-7-11-26(12-8-23)35-17-5-3-15-30)21-25(32)22-29(2,34)20-24-9-13-27(14-10-24)36-18-6-4-16-31/h7-14,30-31,33-34H,3-6,15-22H2,1-2H3. The summed E-state index contributed by atoms with van der Waals surface area (Å²) >= 11 is 0. The predicted molar refractivity (Wildman–Crippen MR) is 139 cm³/mol. The lowest BCUT2D eigenvalue weighted by Crippen LogP contribution is -2.36. The van der Waals surface area contributed by atoms with E-state index in [1.165, 1.54) is 0 Å². The number of aliphatic hydroxyl groups excluding tert-OH is 2. The lowest BCUT2D eigenvalue weighted by molar-refractivity contribution is -0.127. The van der Waals surface area contributed by atoms with Gasteiger partial charge in [-0.3, -0.25) is 4.79 Å². The van der Waals surface area contributed by atoms with Crippen molar-refractivity contribution in [2.24, 2.45) is 0 Å². The number of hydrogen-bond acceptors (Lipinski definition) is 7. The van der Waals surface area contributed by atoms with Crippen LogP contribution in [0, 0.1) is 0 Å². The van der Waals surface area contributed by atoms with Crippen LogP contribution in [0.2, 0.25) is 0 Å². The lowest BCUT2D eigenvalue weighted by atomic mass is 9.85. The van der Waals surface area contributed by atoms with E-state index in [0.29, 0.717) is 38.9 Å². The molecule has 2 atom stereocenters. The molecule has 0 radical (unpaired) electrons. The zero-order chi connectivity index (χ0) is 26.4. The molecule has 7 nitrogen and oxygen atoms in total. The number of ketones is 1. The van der Waals surface area contributed by atoms with E-state index < -0.39 is 11.2 Å². The predicted octanol–water partition coefficient (Wildman–Crippen LogP) is 3.63. The van der Waals surface area contributed by atoms with Crippen molar-refractivity contribution in [3.8, 4) is 11.5 Å². The van der Waals surface area contributed by atoms with Gasteiger partial charge in [0.25, 0.3) is 0 Å². The van der Waals surface area contributed by atoms with Crippen LogP contribution in [0.25, 0.3) is 0 Å². The second kappa shape index (κ2) is 15.0. The molecule has 4 N–H and O–H groups in total. The first-order valence-electron chi connectivity index (χ1n) is 12.7. The van der Waals surface area contributed by atoms with E-state index in [-0.39, 0.29) is 31.8 Å². The average Bonchev–Trinajstić information content (AvgIpc) is 2.80. The number of benzene rings is 2. The smallest absolute Gasteiger partial charge is 0.138 e. The molecule has 0 saturated heterocycles.